The van der Waals surface area contributed by atoms with Crippen molar-refractivity contribution in [1.29, 1.82) is 0 Å². The second-order valence-electron chi connectivity index (χ2n) is 6.65. The molecule has 0 atom stereocenters. The second kappa shape index (κ2) is 9.22. The fourth-order valence-electron chi connectivity index (χ4n) is 2.93. The van der Waals surface area contributed by atoms with E-state index >= 15 is 0 Å². The Morgan fingerprint density at radius 2 is 1.68 bits per heavy atom. The summed E-state index contributed by atoms with van der Waals surface area (Å²) in [5.41, 5.74) is 3.49. The summed E-state index contributed by atoms with van der Waals surface area (Å²) in [6.45, 7) is 0. The highest BCUT2D eigenvalue weighted by atomic mass is 79.9. The van der Waals surface area contributed by atoms with Gasteiger partial charge in [0.1, 0.15) is 5.82 Å². The van der Waals surface area contributed by atoms with Crippen molar-refractivity contribution in [3.8, 4) is 21.7 Å². The van der Waals surface area contributed by atoms with Crippen molar-refractivity contribution in [3.63, 3.8) is 0 Å². The number of sulfonamides is 1. The maximum atomic E-state index is 13.4. The van der Waals surface area contributed by atoms with E-state index in [4.69, 9.17) is 10.1 Å². The number of thiazole rings is 1. The summed E-state index contributed by atoms with van der Waals surface area (Å²) in [6, 6.07) is 20.6. The summed E-state index contributed by atoms with van der Waals surface area (Å²) in [5, 5.41) is 5.21. The SMILES string of the molecule is NS(=O)(=O)c1ccc(-c2nc(SCc3cccc(Br)c3)sc2-c2ccc(F)cc2)cc1. The van der Waals surface area contributed by atoms with Gasteiger partial charge in [0.15, 0.2) is 4.34 Å². The molecule has 4 nitrogen and oxygen atoms in total. The highest BCUT2D eigenvalue weighted by molar-refractivity contribution is 9.10. The number of primary sulfonamides is 1. The quantitative estimate of drug-likeness (QED) is 0.294. The fraction of sp³-hybridized carbons (Fsp3) is 0.0455. The molecule has 0 fully saturated rings. The van der Waals surface area contributed by atoms with Crippen molar-refractivity contribution < 1.29 is 12.8 Å². The van der Waals surface area contributed by atoms with Gasteiger partial charge in [0, 0.05) is 15.8 Å². The van der Waals surface area contributed by atoms with Crippen LogP contribution in [0.2, 0.25) is 0 Å². The van der Waals surface area contributed by atoms with Gasteiger partial charge in [0.05, 0.1) is 15.5 Å². The van der Waals surface area contributed by atoms with Gasteiger partial charge in [0.2, 0.25) is 10.0 Å². The van der Waals surface area contributed by atoms with Gasteiger partial charge in [-0.15, -0.1) is 11.3 Å². The lowest BCUT2D eigenvalue weighted by Crippen LogP contribution is -2.11. The minimum absolute atomic E-state index is 0.0408. The van der Waals surface area contributed by atoms with Gasteiger partial charge in [-0.3, -0.25) is 0 Å². The number of rotatable bonds is 6. The van der Waals surface area contributed by atoms with Gasteiger partial charge >= 0.3 is 0 Å². The Hall–Kier alpha value is -2.04. The van der Waals surface area contributed by atoms with Gasteiger partial charge < -0.3 is 0 Å². The van der Waals surface area contributed by atoms with Crippen LogP contribution in [0.25, 0.3) is 21.7 Å². The van der Waals surface area contributed by atoms with E-state index in [0.29, 0.717) is 5.69 Å². The van der Waals surface area contributed by atoms with Crippen LogP contribution in [-0.2, 0) is 15.8 Å². The van der Waals surface area contributed by atoms with E-state index in [1.807, 2.05) is 12.1 Å². The summed E-state index contributed by atoms with van der Waals surface area (Å²) >= 11 is 6.62. The monoisotopic (exact) mass is 534 g/mol. The number of aromatic nitrogens is 1. The Kier molecular flexibility index (Phi) is 6.59. The zero-order valence-corrected chi connectivity index (χ0v) is 20.0. The van der Waals surface area contributed by atoms with Gasteiger partial charge in [-0.05, 0) is 47.5 Å². The van der Waals surface area contributed by atoms with E-state index in [0.717, 1.165) is 36.1 Å². The third kappa shape index (κ3) is 5.42. The summed E-state index contributed by atoms with van der Waals surface area (Å²) in [5.74, 6) is 0.441. The van der Waals surface area contributed by atoms with Crippen LogP contribution in [0.4, 0.5) is 4.39 Å². The number of hydrogen-bond acceptors (Lipinski definition) is 5. The van der Waals surface area contributed by atoms with Crippen LogP contribution in [0, 0.1) is 5.82 Å². The number of benzene rings is 3. The largest absolute Gasteiger partial charge is 0.238 e. The zero-order valence-electron chi connectivity index (χ0n) is 16.0. The van der Waals surface area contributed by atoms with Crippen LogP contribution in [0.5, 0.6) is 0 Å². The molecule has 0 saturated carbocycles. The molecule has 9 heteroatoms. The predicted molar refractivity (Wildman–Crippen MR) is 128 cm³/mol. The summed E-state index contributed by atoms with van der Waals surface area (Å²) < 4.78 is 38.5. The molecule has 4 rings (SSSR count). The van der Waals surface area contributed by atoms with Crippen molar-refractivity contribution in [2.24, 2.45) is 5.14 Å². The first-order valence-electron chi connectivity index (χ1n) is 9.07. The molecule has 0 amide bonds. The Bertz CT molecular complexity index is 1320. The smallest absolute Gasteiger partial charge is 0.229 e. The molecule has 2 N–H and O–H groups in total. The maximum absolute atomic E-state index is 13.4. The number of nitrogens with zero attached hydrogens (tertiary/aromatic N) is 1. The third-order valence-corrected chi connectivity index (χ3v) is 8.16. The van der Waals surface area contributed by atoms with Crippen molar-refractivity contribution in [1.82, 2.24) is 4.98 Å². The summed E-state index contributed by atoms with van der Waals surface area (Å²) in [4.78, 5) is 5.73. The van der Waals surface area contributed by atoms with Gasteiger partial charge in [-0.1, -0.05) is 64.1 Å². The molecule has 0 bridgehead atoms. The van der Waals surface area contributed by atoms with Crippen molar-refractivity contribution >= 4 is 49.1 Å². The van der Waals surface area contributed by atoms with Crippen molar-refractivity contribution in [2.75, 3.05) is 0 Å². The highest BCUT2D eigenvalue weighted by Crippen LogP contribution is 2.41. The molecule has 1 aromatic heterocycles. The van der Waals surface area contributed by atoms with Crippen LogP contribution in [0.3, 0.4) is 0 Å². The molecular formula is C22H16BrFN2O2S3. The number of thioether (sulfide) groups is 1. The number of halogens is 2. The molecule has 0 aliphatic heterocycles. The average molecular weight is 535 g/mol. The Labute approximate surface area is 196 Å². The van der Waals surface area contributed by atoms with E-state index in [2.05, 4.69) is 28.1 Å². The standard InChI is InChI=1S/C22H16BrFN2O2S3/c23-17-3-1-2-14(12-17)13-29-22-26-20(15-6-10-19(11-7-15)31(25,27)28)21(30-22)16-4-8-18(24)9-5-16/h1-12H,13H2,(H2,25,27,28). The Morgan fingerprint density at radius 3 is 2.32 bits per heavy atom. The normalized spacial score (nSPS) is 11.6. The van der Waals surface area contributed by atoms with Crippen LogP contribution in [0.15, 0.2) is 86.5 Å². The number of hydrogen-bond donors (Lipinski definition) is 1. The Balaban J connectivity index is 1.71. The van der Waals surface area contributed by atoms with Crippen LogP contribution < -0.4 is 5.14 Å². The first kappa shape index (κ1) is 22.2. The summed E-state index contributed by atoms with van der Waals surface area (Å²) in [7, 11) is -3.77. The molecule has 0 spiro atoms. The highest BCUT2D eigenvalue weighted by Gasteiger charge is 2.17. The number of nitrogens with two attached hydrogens (primary N) is 1. The van der Waals surface area contributed by atoms with E-state index in [9.17, 15) is 12.8 Å². The molecular weight excluding hydrogens is 519 g/mol. The molecule has 0 saturated heterocycles. The van der Waals surface area contributed by atoms with E-state index < -0.39 is 10.0 Å². The minimum Gasteiger partial charge on any atom is -0.229 e. The molecule has 0 unspecified atom stereocenters. The van der Waals surface area contributed by atoms with Gasteiger partial charge in [0.25, 0.3) is 0 Å². The molecule has 0 aliphatic rings. The fourth-order valence-corrected chi connectivity index (χ4v) is 6.00. The van der Waals surface area contributed by atoms with Gasteiger partial charge in [-0.25, -0.2) is 22.9 Å². The topological polar surface area (TPSA) is 73.1 Å². The van der Waals surface area contributed by atoms with E-state index in [-0.39, 0.29) is 10.7 Å². The maximum Gasteiger partial charge on any atom is 0.238 e. The predicted octanol–water partition coefficient (Wildman–Crippen LogP) is 6.32. The molecule has 31 heavy (non-hydrogen) atoms. The van der Waals surface area contributed by atoms with Crippen molar-refractivity contribution in [2.45, 2.75) is 15.0 Å². The second-order valence-corrected chi connectivity index (χ2v) is 11.4. The molecule has 3 aromatic carbocycles. The first-order valence-corrected chi connectivity index (χ1v) is 13.2. The molecule has 4 aromatic rings. The zero-order chi connectivity index (χ0) is 22.0. The molecule has 1 heterocycles. The van der Waals surface area contributed by atoms with E-state index in [1.54, 1.807) is 36.0 Å². The lowest BCUT2D eigenvalue weighted by atomic mass is 10.1. The van der Waals surface area contributed by atoms with Crippen molar-refractivity contribution in [3.05, 3.63) is 88.6 Å². The molecule has 0 aliphatic carbocycles. The minimum atomic E-state index is -3.77. The molecule has 158 valence electrons. The van der Waals surface area contributed by atoms with Crippen LogP contribution in [0.1, 0.15) is 5.56 Å². The lowest BCUT2D eigenvalue weighted by Gasteiger charge is -2.04. The third-order valence-electron chi connectivity index (χ3n) is 4.42. The average Bonchev–Trinajstić information content (AvgIpc) is 3.17. The Morgan fingerprint density at radius 1 is 1.00 bits per heavy atom. The molecule has 0 radical (unpaired) electrons. The van der Waals surface area contributed by atoms with E-state index in [1.165, 1.54) is 35.6 Å². The summed E-state index contributed by atoms with van der Waals surface area (Å²) in [6.07, 6.45) is 0. The van der Waals surface area contributed by atoms with Crippen LogP contribution in [-0.4, -0.2) is 13.4 Å². The first-order chi connectivity index (χ1) is 14.8. The van der Waals surface area contributed by atoms with Crippen LogP contribution >= 0.6 is 39.0 Å². The lowest BCUT2D eigenvalue weighted by molar-refractivity contribution is 0.598. The van der Waals surface area contributed by atoms with Gasteiger partial charge in [-0.2, -0.15) is 0 Å².